The number of amides is 2. The molecule has 1 saturated heterocycles. The molecule has 1 aliphatic heterocycles. The van der Waals surface area contributed by atoms with Crippen molar-refractivity contribution in [1.29, 1.82) is 0 Å². The van der Waals surface area contributed by atoms with Crippen LogP contribution in [0, 0.1) is 11.3 Å². The first-order chi connectivity index (χ1) is 15.2. The van der Waals surface area contributed by atoms with E-state index in [1.54, 1.807) is 12.3 Å². The van der Waals surface area contributed by atoms with E-state index in [1.165, 1.54) is 23.5 Å². The van der Waals surface area contributed by atoms with Crippen molar-refractivity contribution in [2.75, 3.05) is 18.4 Å². The van der Waals surface area contributed by atoms with E-state index in [-0.39, 0.29) is 35.3 Å². The van der Waals surface area contributed by atoms with Crippen molar-refractivity contribution >= 4 is 39.1 Å². The number of halogens is 3. The van der Waals surface area contributed by atoms with Crippen molar-refractivity contribution in [3.63, 3.8) is 0 Å². The van der Waals surface area contributed by atoms with Gasteiger partial charge in [0, 0.05) is 36.8 Å². The molecule has 0 bridgehead atoms. The Bertz CT molecular complexity index is 1190. The summed E-state index contributed by atoms with van der Waals surface area (Å²) in [5, 5.41) is 4.50. The number of pyridine rings is 1. The third kappa shape index (κ3) is 3.85. The maximum atomic E-state index is 12.9. The van der Waals surface area contributed by atoms with Gasteiger partial charge in [0.05, 0.1) is 21.3 Å². The minimum atomic E-state index is -4.44. The van der Waals surface area contributed by atoms with Gasteiger partial charge in [-0.3, -0.25) is 14.6 Å². The number of fused-ring (bicyclic) bond motifs is 1. The average Bonchev–Trinajstić information content (AvgIpc) is 3.16. The average molecular weight is 459 g/mol. The molecular formula is C23H20F3N3O2S. The van der Waals surface area contributed by atoms with Crippen LogP contribution in [0.3, 0.4) is 0 Å². The zero-order chi connectivity index (χ0) is 22.5. The lowest BCUT2D eigenvalue weighted by Gasteiger charge is -2.59. The third-order valence-electron chi connectivity index (χ3n) is 6.31. The van der Waals surface area contributed by atoms with E-state index in [0.717, 1.165) is 35.2 Å². The molecule has 32 heavy (non-hydrogen) atoms. The molecule has 3 aromatic rings. The van der Waals surface area contributed by atoms with E-state index in [2.05, 4.69) is 10.3 Å². The number of anilines is 1. The molecule has 2 aliphatic rings. The highest BCUT2D eigenvalue weighted by Crippen LogP contribution is 2.53. The number of hydrogen-bond donors (Lipinski definition) is 1. The molecule has 2 aromatic heterocycles. The van der Waals surface area contributed by atoms with E-state index < -0.39 is 11.7 Å². The molecule has 1 aromatic carbocycles. The number of aromatic nitrogens is 1. The van der Waals surface area contributed by atoms with Crippen LogP contribution in [-0.2, 0) is 11.0 Å². The molecule has 1 N–H and O–H groups in total. The van der Waals surface area contributed by atoms with Crippen molar-refractivity contribution < 1.29 is 22.8 Å². The second-order valence-corrected chi connectivity index (χ2v) is 9.68. The predicted octanol–water partition coefficient (Wildman–Crippen LogP) is 5.20. The molecule has 3 heterocycles. The van der Waals surface area contributed by atoms with E-state index in [9.17, 15) is 22.8 Å². The number of benzene rings is 1. The van der Waals surface area contributed by atoms with Crippen LogP contribution in [0.5, 0.6) is 0 Å². The Labute approximate surface area is 186 Å². The monoisotopic (exact) mass is 459 g/mol. The van der Waals surface area contributed by atoms with Gasteiger partial charge in [0.2, 0.25) is 5.91 Å². The molecule has 0 radical (unpaired) electrons. The Morgan fingerprint density at radius 2 is 1.97 bits per heavy atom. The summed E-state index contributed by atoms with van der Waals surface area (Å²) in [5.41, 5.74) is 0.934. The smallest absolute Gasteiger partial charge is 0.337 e. The van der Waals surface area contributed by atoms with Gasteiger partial charge >= 0.3 is 6.18 Å². The first kappa shape index (κ1) is 20.9. The minimum absolute atomic E-state index is 0.0104. The van der Waals surface area contributed by atoms with Crippen molar-refractivity contribution in [2.45, 2.75) is 25.4 Å². The molecule has 1 spiro atoms. The molecule has 9 heteroatoms. The van der Waals surface area contributed by atoms with Gasteiger partial charge < -0.3 is 10.2 Å². The fourth-order valence-electron chi connectivity index (χ4n) is 4.93. The number of carbonyl (C=O) groups is 2. The number of likely N-dealkylation sites (tertiary alicyclic amines) is 1. The Hall–Kier alpha value is -2.94. The number of alkyl halides is 3. The summed E-state index contributed by atoms with van der Waals surface area (Å²) in [6.45, 7) is 1.35. The molecule has 1 saturated carbocycles. The van der Waals surface area contributed by atoms with Gasteiger partial charge in [0.25, 0.3) is 5.91 Å². The van der Waals surface area contributed by atoms with Crippen molar-refractivity contribution in [2.24, 2.45) is 11.3 Å². The first-order valence-electron chi connectivity index (χ1n) is 10.3. The molecule has 1 aliphatic carbocycles. The highest BCUT2D eigenvalue weighted by molar-refractivity contribution is 7.17. The summed E-state index contributed by atoms with van der Waals surface area (Å²) in [7, 11) is 0. The number of rotatable bonds is 4. The number of hydrogen-bond acceptors (Lipinski definition) is 4. The summed E-state index contributed by atoms with van der Waals surface area (Å²) in [5.74, 6) is -0.0903. The molecule has 166 valence electrons. The molecule has 2 fully saturated rings. The summed E-state index contributed by atoms with van der Waals surface area (Å²) in [6, 6.07) is 8.31. The number of carbonyl (C=O) groups excluding carboxylic acids is 2. The van der Waals surface area contributed by atoms with Crippen LogP contribution < -0.4 is 5.32 Å². The van der Waals surface area contributed by atoms with Crippen molar-refractivity contribution in [3.05, 3.63) is 59.1 Å². The summed E-state index contributed by atoms with van der Waals surface area (Å²) >= 11 is 1.51. The number of nitrogens with zero attached hydrogens (tertiary/aromatic N) is 2. The van der Waals surface area contributed by atoms with E-state index >= 15 is 0 Å². The third-order valence-corrected chi connectivity index (χ3v) is 7.24. The molecule has 5 rings (SSSR count). The van der Waals surface area contributed by atoms with E-state index in [4.69, 9.17) is 0 Å². The Balaban J connectivity index is 1.12. The lowest BCUT2D eigenvalue weighted by Crippen LogP contribution is -2.63. The van der Waals surface area contributed by atoms with E-state index in [1.807, 2.05) is 16.3 Å². The molecule has 0 atom stereocenters. The van der Waals surface area contributed by atoms with Gasteiger partial charge in [0.1, 0.15) is 0 Å². The van der Waals surface area contributed by atoms with Gasteiger partial charge in [-0.2, -0.15) is 13.2 Å². The predicted molar refractivity (Wildman–Crippen MR) is 115 cm³/mol. The molecular weight excluding hydrogens is 439 g/mol. The van der Waals surface area contributed by atoms with Crippen molar-refractivity contribution in [1.82, 2.24) is 9.88 Å². The lowest BCUT2D eigenvalue weighted by molar-refractivity contribution is -0.137. The van der Waals surface area contributed by atoms with Crippen LogP contribution in [0.25, 0.3) is 10.2 Å². The molecule has 5 nitrogen and oxygen atoms in total. The van der Waals surface area contributed by atoms with Gasteiger partial charge in [-0.15, -0.1) is 11.3 Å². The zero-order valence-electron chi connectivity index (χ0n) is 17.0. The Morgan fingerprint density at radius 3 is 2.72 bits per heavy atom. The Kier molecular flexibility index (Phi) is 4.96. The van der Waals surface area contributed by atoms with Gasteiger partial charge in [-0.05, 0) is 54.5 Å². The fraction of sp³-hybridized carbons (Fsp3) is 0.348. The van der Waals surface area contributed by atoms with Crippen LogP contribution in [0.4, 0.5) is 18.9 Å². The van der Waals surface area contributed by atoms with Crippen LogP contribution >= 0.6 is 11.3 Å². The fourth-order valence-corrected chi connectivity index (χ4v) is 5.79. The van der Waals surface area contributed by atoms with Gasteiger partial charge in [-0.25, -0.2) is 0 Å². The standard InChI is InChI=1S/C23H20F3N3O2S/c24-23(25,26)15-2-1-3-16(9-15)28-19(30)8-14-10-22(11-14)12-29(13-22)21(31)17-4-6-27-18-5-7-32-20(17)18/h1-7,9,14H,8,10-13H2,(H,28,30). The topological polar surface area (TPSA) is 62.3 Å². The molecule has 0 unspecified atom stereocenters. The highest BCUT2D eigenvalue weighted by atomic mass is 32.1. The minimum Gasteiger partial charge on any atom is -0.337 e. The van der Waals surface area contributed by atoms with E-state index in [0.29, 0.717) is 18.7 Å². The summed E-state index contributed by atoms with van der Waals surface area (Å²) in [6.07, 6.45) is -0.832. The number of nitrogens with one attached hydrogen (secondary N) is 1. The number of thiophene rings is 1. The second-order valence-electron chi connectivity index (χ2n) is 8.76. The molecule has 2 amide bonds. The van der Waals surface area contributed by atoms with Crippen LogP contribution in [0.2, 0.25) is 0 Å². The summed E-state index contributed by atoms with van der Waals surface area (Å²) < 4.78 is 39.4. The van der Waals surface area contributed by atoms with Crippen LogP contribution in [0.15, 0.2) is 48.0 Å². The second kappa shape index (κ2) is 7.58. The van der Waals surface area contributed by atoms with Crippen LogP contribution in [-0.4, -0.2) is 34.8 Å². The van der Waals surface area contributed by atoms with Crippen molar-refractivity contribution in [3.8, 4) is 0 Å². The Morgan fingerprint density at radius 1 is 1.19 bits per heavy atom. The van der Waals surface area contributed by atoms with Gasteiger partial charge in [0.15, 0.2) is 0 Å². The largest absolute Gasteiger partial charge is 0.416 e. The van der Waals surface area contributed by atoms with Gasteiger partial charge in [-0.1, -0.05) is 6.07 Å². The highest BCUT2D eigenvalue weighted by Gasteiger charge is 2.53. The maximum absolute atomic E-state index is 12.9. The van der Waals surface area contributed by atoms with Crippen LogP contribution in [0.1, 0.15) is 35.2 Å². The maximum Gasteiger partial charge on any atom is 0.416 e. The zero-order valence-corrected chi connectivity index (χ0v) is 17.8. The first-order valence-corrected chi connectivity index (χ1v) is 11.2. The SMILES string of the molecule is O=C(CC1CC2(C1)CN(C(=O)c1ccnc3ccsc13)C2)Nc1cccc(C(F)(F)F)c1. The lowest BCUT2D eigenvalue weighted by atomic mass is 9.57. The summed E-state index contributed by atoms with van der Waals surface area (Å²) in [4.78, 5) is 31.3. The quantitative estimate of drug-likeness (QED) is 0.584. The normalized spacial score (nSPS) is 17.8.